The summed E-state index contributed by atoms with van der Waals surface area (Å²) in [6, 6.07) is 0.0578. The molecule has 1 saturated heterocycles. The van der Waals surface area contributed by atoms with Crippen molar-refractivity contribution in [3.8, 4) is 0 Å². The Bertz CT molecular complexity index is 423. The maximum absolute atomic E-state index is 9.34. The van der Waals surface area contributed by atoms with E-state index in [0.29, 0.717) is 19.8 Å². The molecule has 0 saturated carbocycles. The van der Waals surface area contributed by atoms with Crippen LogP contribution < -0.4 is 5.73 Å². The first-order chi connectivity index (χ1) is 8.63. The average Bonchev–Trinajstić information content (AvgIpc) is 2.40. The van der Waals surface area contributed by atoms with Gasteiger partial charge in [0, 0.05) is 25.0 Å². The number of pyridine rings is 1. The lowest BCUT2D eigenvalue weighted by Crippen LogP contribution is -2.47. The molecule has 2 heterocycles. The molecule has 0 bridgehead atoms. The molecule has 0 spiro atoms. The average molecular weight is 251 g/mol. The number of aliphatic hydroxyl groups is 1. The highest BCUT2D eigenvalue weighted by atomic mass is 16.5. The maximum atomic E-state index is 9.34. The molecule has 1 aromatic heterocycles. The lowest BCUT2D eigenvalue weighted by atomic mass is 10.1. The number of hydrogen-bond donors (Lipinski definition) is 2. The minimum Gasteiger partial charge on any atom is -0.398 e. The number of nitrogen functional groups attached to an aromatic ring is 1. The third-order valence-electron chi connectivity index (χ3n) is 3.59. The molecular weight excluding hydrogens is 230 g/mol. The van der Waals surface area contributed by atoms with Crippen molar-refractivity contribution < 1.29 is 9.84 Å². The van der Waals surface area contributed by atoms with Crippen molar-refractivity contribution in [3.05, 3.63) is 23.0 Å². The van der Waals surface area contributed by atoms with E-state index in [9.17, 15) is 5.11 Å². The summed E-state index contributed by atoms with van der Waals surface area (Å²) in [5.41, 5.74) is 9.87. The molecule has 1 aromatic rings. The predicted molar refractivity (Wildman–Crippen MR) is 70.2 cm³/mol. The van der Waals surface area contributed by atoms with Gasteiger partial charge in [-0.2, -0.15) is 0 Å². The fraction of sp³-hybridized carbons (Fsp3) is 0.615. The Kier molecular flexibility index (Phi) is 4.16. The summed E-state index contributed by atoms with van der Waals surface area (Å²) in [5, 5.41) is 9.34. The van der Waals surface area contributed by atoms with Gasteiger partial charge in [0.1, 0.15) is 0 Å². The topological polar surface area (TPSA) is 71.6 Å². The van der Waals surface area contributed by atoms with Gasteiger partial charge >= 0.3 is 0 Å². The fourth-order valence-electron chi connectivity index (χ4n) is 2.21. The van der Waals surface area contributed by atoms with Crippen LogP contribution in [0.4, 0.5) is 5.69 Å². The molecule has 1 fully saturated rings. The lowest BCUT2D eigenvalue weighted by Gasteiger charge is -2.34. The van der Waals surface area contributed by atoms with Crippen LogP contribution in [-0.2, 0) is 11.3 Å². The Morgan fingerprint density at radius 2 is 2.33 bits per heavy atom. The molecule has 0 aromatic carbocycles. The number of nitrogens with two attached hydrogens (primary N) is 1. The molecule has 1 unspecified atom stereocenters. The number of hydrogen-bond acceptors (Lipinski definition) is 5. The molecule has 0 radical (unpaired) electrons. The highest BCUT2D eigenvalue weighted by Crippen LogP contribution is 2.20. The smallest absolute Gasteiger partial charge is 0.0645 e. The number of nitrogens with zero attached hydrogens (tertiary/aromatic N) is 2. The molecule has 18 heavy (non-hydrogen) atoms. The van der Waals surface area contributed by atoms with Gasteiger partial charge in [0.15, 0.2) is 0 Å². The molecule has 1 aliphatic heterocycles. The fourth-order valence-corrected chi connectivity index (χ4v) is 2.21. The van der Waals surface area contributed by atoms with Crippen molar-refractivity contribution in [2.75, 3.05) is 32.1 Å². The molecule has 2 rings (SSSR count). The zero-order chi connectivity index (χ0) is 13.1. The molecule has 0 aliphatic carbocycles. The van der Waals surface area contributed by atoms with Crippen molar-refractivity contribution in [1.82, 2.24) is 9.88 Å². The Morgan fingerprint density at radius 3 is 3.06 bits per heavy atom. The standard InChI is InChI=1S/C13H21N3O2/c1-9-5-15-12(10(2)13(9)14)6-16-3-4-18-8-11(16)7-17/h5,11,17H,3-4,6-8H2,1-2H3,(H2,14,15). The lowest BCUT2D eigenvalue weighted by molar-refractivity contribution is -0.0318. The van der Waals surface area contributed by atoms with E-state index in [2.05, 4.69) is 9.88 Å². The quantitative estimate of drug-likeness (QED) is 0.817. The monoisotopic (exact) mass is 251 g/mol. The summed E-state index contributed by atoms with van der Waals surface area (Å²) < 4.78 is 5.37. The van der Waals surface area contributed by atoms with E-state index >= 15 is 0 Å². The van der Waals surface area contributed by atoms with E-state index in [4.69, 9.17) is 10.5 Å². The second-order valence-corrected chi connectivity index (χ2v) is 4.81. The highest BCUT2D eigenvalue weighted by molar-refractivity contribution is 5.53. The molecule has 100 valence electrons. The Labute approximate surface area is 108 Å². The Balaban J connectivity index is 2.15. The summed E-state index contributed by atoms with van der Waals surface area (Å²) in [4.78, 5) is 6.66. The van der Waals surface area contributed by atoms with Gasteiger partial charge in [0.05, 0.1) is 31.6 Å². The summed E-state index contributed by atoms with van der Waals surface area (Å²) in [5.74, 6) is 0. The van der Waals surface area contributed by atoms with Crippen LogP contribution in [-0.4, -0.2) is 47.4 Å². The van der Waals surface area contributed by atoms with Crippen molar-refractivity contribution in [3.63, 3.8) is 0 Å². The van der Waals surface area contributed by atoms with Gasteiger partial charge in [-0.25, -0.2) is 0 Å². The van der Waals surface area contributed by atoms with Crippen LogP contribution in [0, 0.1) is 13.8 Å². The van der Waals surface area contributed by atoms with E-state index in [1.54, 1.807) is 0 Å². The summed E-state index contributed by atoms with van der Waals surface area (Å²) in [7, 11) is 0. The summed E-state index contributed by atoms with van der Waals surface area (Å²) in [6.07, 6.45) is 1.81. The maximum Gasteiger partial charge on any atom is 0.0645 e. The van der Waals surface area contributed by atoms with Crippen molar-refractivity contribution >= 4 is 5.69 Å². The first kappa shape index (κ1) is 13.3. The molecule has 3 N–H and O–H groups in total. The highest BCUT2D eigenvalue weighted by Gasteiger charge is 2.23. The number of anilines is 1. The normalized spacial score (nSPS) is 21.2. The van der Waals surface area contributed by atoms with E-state index in [1.165, 1.54) is 0 Å². The second-order valence-electron chi connectivity index (χ2n) is 4.81. The number of aromatic nitrogens is 1. The first-order valence-corrected chi connectivity index (χ1v) is 6.26. The van der Waals surface area contributed by atoms with Crippen molar-refractivity contribution in [1.29, 1.82) is 0 Å². The third kappa shape index (κ3) is 2.63. The van der Waals surface area contributed by atoms with Gasteiger partial charge in [-0.1, -0.05) is 0 Å². The van der Waals surface area contributed by atoms with E-state index in [0.717, 1.165) is 29.1 Å². The number of rotatable bonds is 3. The molecule has 1 aliphatic rings. The third-order valence-corrected chi connectivity index (χ3v) is 3.59. The van der Waals surface area contributed by atoms with Crippen molar-refractivity contribution in [2.24, 2.45) is 0 Å². The molecule has 5 nitrogen and oxygen atoms in total. The largest absolute Gasteiger partial charge is 0.398 e. The zero-order valence-electron chi connectivity index (χ0n) is 11.0. The number of aliphatic hydroxyl groups excluding tert-OH is 1. The number of morpholine rings is 1. The van der Waals surface area contributed by atoms with Crippen LogP contribution in [0.3, 0.4) is 0 Å². The van der Waals surface area contributed by atoms with Gasteiger partial charge in [-0.15, -0.1) is 0 Å². The van der Waals surface area contributed by atoms with Crippen LogP contribution in [0.25, 0.3) is 0 Å². The van der Waals surface area contributed by atoms with Crippen LogP contribution in [0.15, 0.2) is 6.20 Å². The van der Waals surface area contributed by atoms with E-state index < -0.39 is 0 Å². The Hall–Kier alpha value is -1.17. The van der Waals surface area contributed by atoms with E-state index in [1.807, 2.05) is 20.0 Å². The van der Waals surface area contributed by atoms with Gasteiger partial charge in [0.25, 0.3) is 0 Å². The number of aryl methyl sites for hydroxylation is 1. The zero-order valence-corrected chi connectivity index (χ0v) is 11.0. The first-order valence-electron chi connectivity index (χ1n) is 6.26. The van der Waals surface area contributed by atoms with Crippen LogP contribution in [0.1, 0.15) is 16.8 Å². The van der Waals surface area contributed by atoms with Gasteiger partial charge < -0.3 is 15.6 Å². The SMILES string of the molecule is Cc1cnc(CN2CCOCC2CO)c(C)c1N. The van der Waals surface area contributed by atoms with Gasteiger partial charge in [-0.3, -0.25) is 9.88 Å². The molecule has 1 atom stereocenters. The van der Waals surface area contributed by atoms with Crippen LogP contribution in [0.5, 0.6) is 0 Å². The van der Waals surface area contributed by atoms with E-state index in [-0.39, 0.29) is 12.6 Å². The summed E-state index contributed by atoms with van der Waals surface area (Å²) in [6.45, 7) is 6.89. The number of ether oxygens (including phenoxy) is 1. The minimum absolute atomic E-state index is 0.0578. The molecule has 0 amide bonds. The molecule has 5 heteroatoms. The van der Waals surface area contributed by atoms with Crippen molar-refractivity contribution in [2.45, 2.75) is 26.4 Å². The summed E-state index contributed by atoms with van der Waals surface area (Å²) >= 11 is 0. The van der Waals surface area contributed by atoms with Gasteiger partial charge in [-0.05, 0) is 25.0 Å². The second kappa shape index (κ2) is 5.65. The van der Waals surface area contributed by atoms with Crippen LogP contribution in [0.2, 0.25) is 0 Å². The Morgan fingerprint density at radius 1 is 1.56 bits per heavy atom. The van der Waals surface area contributed by atoms with Crippen LogP contribution >= 0.6 is 0 Å². The minimum atomic E-state index is 0.0578. The van der Waals surface area contributed by atoms with Gasteiger partial charge in [0.2, 0.25) is 0 Å². The predicted octanol–water partition coefficient (Wildman–Crippen LogP) is 0.474. The molecular formula is C13H21N3O2.